The summed E-state index contributed by atoms with van der Waals surface area (Å²) in [5.41, 5.74) is 2.34. The van der Waals surface area contributed by atoms with E-state index in [-0.39, 0.29) is 11.7 Å². The zero-order chi connectivity index (χ0) is 38.8. The van der Waals surface area contributed by atoms with Crippen molar-refractivity contribution in [3.05, 3.63) is 60.2 Å². The van der Waals surface area contributed by atoms with Crippen LogP contribution in [-0.2, 0) is 20.8 Å². The second-order valence-electron chi connectivity index (χ2n) is 15.0. The molecule has 1 fully saturated rings. The van der Waals surface area contributed by atoms with Crippen molar-refractivity contribution in [1.29, 1.82) is 0 Å². The number of hydrogen-bond acceptors (Lipinski definition) is 7. The van der Waals surface area contributed by atoms with Crippen LogP contribution in [0.25, 0.3) is 0 Å². The number of rotatable bonds is 17. The molecule has 3 rings (SSSR count). The Bertz CT molecular complexity index is 1190. The lowest BCUT2D eigenvalue weighted by molar-refractivity contribution is -0.121. The van der Waals surface area contributed by atoms with Crippen molar-refractivity contribution in [2.75, 3.05) is 70.2 Å². The van der Waals surface area contributed by atoms with E-state index in [1.807, 2.05) is 56.3 Å². The minimum Gasteiger partial charge on any atom is -0.495 e. The first kappa shape index (κ1) is 48.3. The SMILES string of the molecule is CC(C)CC(=O)CCl.CC(C)CC(=O)Cc1ccccc1.CCN(CC)CC(=O)CC(C)C.COc1ccccc1N1CCN(CC(C)C)CC1. The largest absolute Gasteiger partial charge is 0.495 e. The van der Waals surface area contributed by atoms with Crippen LogP contribution in [0, 0.1) is 23.7 Å². The van der Waals surface area contributed by atoms with E-state index < -0.39 is 0 Å². The van der Waals surface area contributed by atoms with Crippen LogP contribution >= 0.6 is 11.6 Å². The topological polar surface area (TPSA) is 70.2 Å². The van der Waals surface area contributed by atoms with Gasteiger partial charge in [-0.15, -0.1) is 11.6 Å². The molecule has 290 valence electrons. The van der Waals surface area contributed by atoms with E-state index in [9.17, 15) is 14.4 Å². The molecule has 2 aromatic carbocycles. The fourth-order valence-electron chi connectivity index (χ4n) is 5.66. The Kier molecular flexibility index (Phi) is 27.3. The highest BCUT2D eigenvalue weighted by Crippen LogP contribution is 2.28. The summed E-state index contributed by atoms with van der Waals surface area (Å²) in [6.07, 6.45) is 2.61. The van der Waals surface area contributed by atoms with Crippen LogP contribution in [0.15, 0.2) is 54.6 Å². The molecule has 8 heteroatoms. The Morgan fingerprint density at radius 2 is 1.18 bits per heavy atom. The number of methoxy groups -OCH3 is 1. The molecule has 0 aliphatic carbocycles. The Morgan fingerprint density at radius 1 is 0.686 bits per heavy atom. The number of ketones is 3. The maximum atomic E-state index is 11.4. The van der Waals surface area contributed by atoms with Crippen LogP contribution in [0.3, 0.4) is 0 Å². The number of benzene rings is 2. The average molecular weight is 731 g/mol. The molecule has 0 spiro atoms. The van der Waals surface area contributed by atoms with E-state index in [1.54, 1.807) is 7.11 Å². The quantitative estimate of drug-likeness (QED) is 0.151. The summed E-state index contributed by atoms with van der Waals surface area (Å²) in [7, 11) is 1.74. The van der Waals surface area contributed by atoms with Crippen LogP contribution in [0.4, 0.5) is 5.69 Å². The molecular formula is C43H72ClN3O4. The fraction of sp³-hybridized carbons (Fsp3) is 0.651. The van der Waals surface area contributed by atoms with Gasteiger partial charge in [-0.1, -0.05) is 112 Å². The highest BCUT2D eigenvalue weighted by atomic mass is 35.5. The molecule has 0 radical (unpaired) electrons. The molecule has 0 saturated carbocycles. The first-order valence-corrected chi connectivity index (χ1v) is 19.7. The normalized spacial score (nSPS) is 12.9. The summed E-state index contributed by atoms with van der Waals surface area (Å²) in [5, 5.41) is 0. The van der Waals surface area contributed by atoms with E-state index in [0.717, 1.165) is 62.9 Å². The smallest absolute Gasteiger partial charge is 0.147 e. The molecule has 7 nitrogen and oxygen atoms in total. The Morgan fingerprint density at radius 3 is 1.63 bits per heavy atom. The van der Waals surface area contributed by atoms with Gasteiger partial charge in [0.05, 0.1) is 25.2 Å². The van der Waals surface area contributed by atoms with Gasteiger partial charge >= 0.3 is 0 Å². The minimum atomic E-state index is 0.140. The molecular weight excluding hydrogens is 658 g/mol. The average Bonchev–Trinajstić information content (AvgIpc) is 3.07. The minimum absolute atomic E-state index is 0.140. The molecule has 0 aromatic heterocycles. The van der Waals surface area contributed by atoms with Crippen molar-refractivity contribution in [3.8, 4) is 5.75 Å². The van der Waals surface area contributed by atoms with E-state index in [0.29, 0.717) is 55.1 Å². The van der Waals surface area contributed by atoms with Crippen LogP contribution in [0.1, 0.15) is 94.1 Å². The van der Waals surface area contributed by atoms with E-state index in [1.165, 1.54) is 12.2 Å². The lowest BCUT2D eigenvalue weighted by atomic mass is 10.0. The summed E-state index contributed by atoms with van der Waals surface area (Å²) in [6, 6.07) is 18.2. The number of carbonyl (C=O) groups is 3. The lowest BCUT2D eigenvalue weighted by Gasteiger charge is -2.37. The highest BCUT2D eigenvalue weighted by Gasteiger charge is 2.19. The van der Waals surface area contributed by atoms with Crippen LogP contribution in [-0.4, -0.2) is 92.5 Å². The molecule has 1 aliphatic heterocycles. The summed E-state index contributed by atoms with van der Waals surface area (Å²) >= 11 is 5.25. The number of piperazine rings is 1. The predicted molar refractivity (Wildman–Crippen MR) is 219 cm³/mol. The summed E-state index contributed by atoms with van der Waals surface area (Å²) in [5.74, 6) is 4.15. The number of likely N-dealkylation sites (N-methyl/N-ethyl adjacent to an activating group) is 1. The lowest BCUT2D eigenvalue weighted by Crippen LogP contribution is -2.47. The van der Waals surface area contributed by atoms with Gasteiger partial charge in [-0.3, -0.25) is 24.2 Å². The summed E-state index contributed by atoms with van der Waals surface area (Å²) in [6.45, 7) is 29.3. The maximum Gasteiger partial charge on any atom is 0.147 e. The van der Waals surface area contributed by atoms with Gasteiger partial charge in [-0.05, 0) is 54.5 Å². The number of nitrogens with zero attached hydrogens (tertiary/aromatic N) is 3. The number of anilines is 1. The van der Waals surface area contributed by atoms with Gasteiger partial charge in [0.25, 0.3) is 0 Å². The number of hydrogen-bond donors (Lipinski definition) is 0. The molecule has 0 amide bonds. The molecule has 0 atom stereocenters. The number of carbonyl (C=O) groups excluding carboxylic acids is 3. The van der Waals surface area contributed by atoms with Gasteiger partial charge < -0.3 is 9.64 Å². The third kappa shape index (κ3) is 25.0. The first-order valence-electron chi connectivity index (χ1n) is 19.1. The van der Waals surface area contributed by atoms with Gasteiger partial charge in [-0.2, -0.15) is 0 Å². The van der Waals surface area contributed by atoms with Crippen molar-refractivity contribution in [1.82, 2.24) is 9.80 Å². The molecule has 1 heterocycles. The number of halogens is 1. The standard InChI is InChI=1S/C15H24N2O.C12H16O.C10H21NO.C6H11ClO/c1-13(2)12-16-8-10-17(11-9-16)14-6-4-5-7-15(14)18-3;1-10(2)8-12(13)9-11-6-4-3-5-7-11;1-5-11(6-2)8-10(12)7-9(3)4;1-5(2)3-6(8)4-7/h4-7,13H,8-12H2,1-3H3;3-7,10H,8-9H2,1-2H3;9H,5-8H2,1-4H3;5H,3-4H2,1-2H3. The Labute approximate surface area is 317 Å². The van der Waals surface area contributed by atoms with Crippen LogP contribution in [0.2, 0.25) is 0 Å². The summed E-state index contributed by atoms with van der Waals surface area (Å²) in [4.78, 5) is 40.4. The second-order valence-corrected chi connectivity index (χ2v) is 15.3. The molecule has 1 aliphatic rings. The van der Waals surface area contributed by atoms with Crippen molar-refractivity contribution in [2.24, 2.45) is 23.7 Å². The van der Waals surface area contributed by atoms with Crippen molar-refractivity contribution < 1.29 is 19.1 Å². The highest BCUT2D eigenvalue weighted by molar-refractivity contribution is 6.27. The van der Waals surface area contributed by atoms with Crippen molar-refractivity contribution in [3.63, 3.8) is 0 Å². The van der Waals surface area contributed by atoms with Crippen molar-refractivity contribution in [2.45, 2.75) is 94.9 Å². The molecule has 0 unspecified atom stereocenters. The van der Waals surface area contributed by atoms with Crippen LogP contribution < -0.4 is 9.64 Å². The predicted octanol–water partition coefficient (Wildman–Crippen LogP) is 9.10. The van der Waals surface area contributed by atoms with Gasteiger partial charge in [0.2, 0.25) is 0 Å². The molecule has 51 heavy (non-hydrogen) atoms. The van der Waals surface area contributed by atoms with Gasteiger partial charge in [0.1, 0.15) is 23.1 Å². The van der Waals surface area contributed by atoms with Gasteiger partial charge in [-0.25, -0.2) is 0 Å². The molecule has 1 saturated heterocycles. The van der Waals surface area contributed by atoms with E-state index in [4.69, 9.17) is 16.3 Å². The Balaban J connectivity index is 0.000000681. The molecule has 2 aromatic rings. The second kappa shape index (κ2) is 28.8. The third-order valence-electron chi connectivity index (χ3n) is 8.02. The number of alkyl halides is 1. The first-order chi connectivity index (χ1) is 24.1. The Hall–Kier alpha value is -2.74. The number of ether oxygens (including phenoxy) is 1. The number of para-hydroxylation sites is 2. The van der Waals surface area contributed by atoms with Crippen LogP contribution in [0.5, 0.6) is 5.75 Å². The van der Waals surface area contributed by atoms with Gasteiger partial charge in [0, 0.05) is 58.4 Å². The number of Topliss-reactive ketones (excluding diaryl/α,β-unsaturated/α-hetero) is 3. The van der Waals surface area contributed by atoms with Crippen molar-refractivity contribution >= 4 is 34.6 Å². The molecule has 0 bridgehead atoms. The van der Waals surface area contributed by atoms with E-state index >= 15 is 0 Å². The van der Waals surface area contributed by atoms with E-state index in [2.05, 4.69) is 82.2 Å². The molecule has 0 N–H and O–H groups in total. The van der Waals surface area contributed by atoms with Gasteiger partial charge in [0.15, 0.2) is 0 Å². The monoisotopic (exact) mass is 730 g/mol. The zero-order valence-electron chi connectivity index (χ0n) is 34.1. The fourth-order valence-corrected chi connectivity index (χ4v) is 5.77. The summed E-state index contributed by atoms with van der Waals surface area (Å²) < 4.78 is 5.43. The zero-order valence-corrected chi connectivity index (χ0v) is 34.8. The maximum absolute atomic E-state index is 11.4. The third-order valence-corrected chi connectivity index (χ3v) is 8.31.